The quantitative estimate of drug-likeness (QED) is 0.221. The van der Waals surface area contributed by atoms with E-state index in [0.717, 1.165) is 10.6 Å². The molecular formula is C33H25F2N3O7S. The second-order valence-corrected chi connectivity index (χ2v) is 12.7. The second kappa shape index (κ2) is 10.9. The summed E-state index contributed by atoms with van der Waals surface area (Å²) in [6.07, 6.45) is 1.06. The number of halogens is 2. The van der Waals surface area contributed by atoms with Crippen LogP contribution in [0.2, 0.25) is 0 Å². The SMILES string of the molecule is CNC(=O)c1c(-c2ccc(F)cc2)oc2cc(N(C)S(C)(=O)=O)c(-c3cc4c(c(-c5nc6c(F)cccc6o5)c3)OCCO4)cc12. The molecule has 1 N–H and O–H groups in total. The Bertz CT molecular complexity index is 2300. The fourth-order valence-electron chi connectivity index (χ4n) is 5.46. The van der Waals surface area contributed by atoms with E-state index in [-0.39, 0.29) is 52.8 Å². The Balaban J connectivity index is 1.53. The number of sulfonamides is 1. The fraction of sp³-hybridized carbons (Fsp3) is 0.152. The lowest BCUT2D eigenvalue weighted by Gasteiger charge is -2.24. The van der Waals surface area contributed by atoms with Crippen LogP contribution in [0.3, 0.4) is 0 Å². The van der Waals surface area contributed by atoms with Gasteiger partial charge >= 0.3 is 0 Å². The second-order valence-electron chi connectivity index (χ2n) is 10.6. The molecule has 0 spiro atoms. The Morgan fingerprint density at radius 1 is 0.913 bits per heavy atom. The average Bonchev–Trinajstić information content (AvgIpc) is 3.65. The van der Waals surface area contributed by atoms with E-state index in [1.54, 1.807) is 24.3 Å². The lowest BCUT2D eigenvalue weighted by atomic mass is 9.96. The summed E-state index contributed by atoms with van der Waals surface area (Å²) < 4.78 is 79.1. The standard InChI is InChI=1S/C33H25F2N3O7S/c1-36-32(39)28-21-15-20(24(38(2)46(3,40)41)16-26(21)44-30(28)17-7-9-19(34)10-8-17)18-13-22(31-27(14-18)42-11-12-43-31)33-37-29-23(35)5-4-6-25(29)45-33/h4-10,13-16H,11-12H2,1-3H3,(H,36,39). The summed E-state index contributed by atoms with van der Waals surface area (Å²) in [7, 11) is -0.930. The molecule has 0 aliphatic carbocycles. The Hall–Kier alpha value is -5.43. The van der Waals surface area contributed by atoms with E-state index in [1.807, 2.05) is 0 Å². The highest BCUT2D eigenvalue weighted by atomic mass is 32.2. The van der Waals surface area contributed by atoms with Gasteiger partial charge in [0.15, 0.2) is 22.9 Å². The Labute approximate surface area is 261 Å². The van der Waals surface area contributed by atoms with Gasteiger partial charge < -0.3 is 23.6 Å². The zero-order valence-corrected chi connectivity index (χ0v) is 25.5. The number of nitrogens with one attached hydrogen (secondary N) is 1. The number of carbonyl (C=O) groups is 1. The van der Waals surface area contributed by atoms with E-state index < -0.39 is 27.6 Å². The number of aromatic nitrogens is 1. The lowest BCUT2D eigenvalue weighted by molar-refractivity contribution is 0.0964. The van der Waals surface area contributed by atoms with Crippen molar-refractivity contribution < 1.29 is 40.3 Å². The molecule has 0 bridgehead atoms. The largest absolute Gasteiger partial charge is 0.486 e. The first-order chi connectivity index (χ1) is 22.0. The molecule has 0 unspecified atom stereocenters. The number of rotatable bonds is 6. The molecule has 13 heteroatoms. The molecular weight excluding hydrogens is 620 g/mol. The maximum Gasteiger partial charge on any atom is 0.255 e. The molecule has 0 atom stereocenters. The van der Waals surface area contributed by atoms with Crippen molar-refractivity contribution in [3.8, 4) is 45.4 Å². The van der Waals surface area contributed by atoms with Crippen LogP contribution in [0.25, 0.3) is 56.0 Å². The minimum atomic E-state index is -3.80. The van der Waals surface area contributed by atoms with Gasteiger partial charge in [0.05, 0.1) is 23.1 Å². The zero-order chi connectivity index (χ0) is 32.3. The summed E-state index contributed by atoms with van der Waals surface area (Å²) in [5.74, 6) is -0.585. The number of amides is 1. The number of anilines is 1. The molecule has 10 nitrogen and oxygen atoms in total. The van der Waals surface area contributed by atoms with Gasteiger partial charge in [0.25, 0.3) is 5.91 Å². The highest BCUT2D eigenvalue weighted by Gasteiger charge is 2.29. The van der Waals surface area contributed by atoms with Crippen molar-refractivity contribution in [2.45, 2.75) is 0 Å². The third-order valence-corrected chi connectivity index (χ3v) is 8.95. The van der Waals surface area contributed by atoms with Crippen LogP contribution in [0, 0.1) is 11.6 Å². The molecule has 2 aromatic heterocycles. The number of para-hydroxylation sites is 1. The number of hydrogen-bond acceptors (Lipinski definition) is 8. The van der Waals surface area contributed by atoms with Crippen molar-refractivity contribution in [3.05, 3.63) is 83.9 Å². The topological polar surface area (TPSA) is 124 Å². The highest BCUT2D eigenvalue weighted by Crippen LogP contribution is 2.47. The molecule has 1 amide bonds. The number of benzene rings is 4. The van der Waals surface area contributed by atoms with E-state index in [2.05, 4.69) is 10.3 Å². The van der Waals surface area contributed by atoms with E-state index in [9.17, 15) is 22.0 Å². The summed E-state index contributed by atoms with van der Waals surface area (Å²) in [4.78, 5) is 17.7. The Morgan fingerprint density at radius 2 is 1.67 bits per heavy atom. The minimum Gasteiger partial charge on any atom is -0.486 e. The summed E-state index contributed by atoms with van der Waals surface area (Å²) >= 11 is 0. The van der Waals surface area contributed by atoms with Gasteiger partial charge in [-0.1, -0.05) is 6.07 Å². The zero-order valence-electron chi connectivity index (χ0n) is 24.7. The number of furan rings is 1. The van der Waals surface area contributed by atoms with Gasteiger partial charge in [0.1, 0.15) is 35.9 Å². The third kappa shape index (κ3) is 4.88. The molecule has 7 rings (SSSR count). The molecule has 3 heterocycles. The maximum atomic E-state index is 14.6. The van der Waals surface area contributed by atoms with E-state index in [4.69, 9.17) is 18.3 Å². The van der Waals surface area contributed by atoms with Crippen LogP contribution in [0.1, 0.15) is 10.4 Å². The average molecular weight is 646 g/mol. The number of hydrogen-bond donors (Lipinski definition) is 1. The molecule has 0 saturated carbocycles. The van der Waals surface area contributed by atoms with E-state index in [0.29, 0.717) is 39.1 Å². The molecule has 46 heavy (non-hydrogen) atoms. The summed E-state index contributed by atoms with van der Waals surface area (Å²) in [5.41, 5.74) is 2.53. The van der Waals surface area contributed by atoms with Crippen LogP contribution in [0.15, 0.2) is 75.6 Å². The first-order valence-electron chi connectivity index (χ1n) is 14.1. The third-order valence-electron chi connectivity index (χ3n) is 7.76. The molecule has 0 fully saturated rings. The Kier molecular flexibility index (Phi) is 6.93. The summed E-state index contributed by atoms with van der Waals surface area (Å²) in [5, 5.41) is 3.00. The van der Waals surface area contributed by atoms with Crippen LogP contribution >= 0.6 is 0 Å². The van der Waals surface area contributed by atoms with Crippen LogP contribution in [-0.4, -0.2) is 52.9 Å². The van der Waals surface area contributed by atoms with Crippen molar-refractivity contribution in [2.24, 2.45) is 0 Å². The van der Waals surface area contributed by atoms with Crippen molar-refractivity contribution in [3.63, 3.8) is 0 Å². The molecule has 0 saturated heterocycles. The van der Waals surface area contributed by atoms with Gasteiger partial charge in [-0.15, -0.1) is 0 Å². The fourth-order valence-corrected chi connectivity index (χ4v) is 5.96. The summed E-state index contributed by atoms with van der Waals surface area (Å²) in [6.45, 7) is 0.495. The predicted octanol–water partition coefficient (Wildman–Crippen LogP) is 6.38. The smallest absolute Gasteiger partial charge is 0.255 e. The number of fused-ring (bicyclic) bond motifs is 3. The Morgan fingerprint density at radius 3 is 2.39 bits per heavy atom. The van der Waals surface area contributed by atoms with Crippen LogP contribution in [0.4, 0.5) is 14.5 Å². The normalized spacial score (nSPS) is 12.9. The van der Waals surface area contributed by atoms with Crippen molar-refractivity contribution in [2.75, 3.05) is 37.9 Å². The van der Waals surface area contributed by atoms with Gasteiger partial charge in [-0.3, -0.25) is 9.10 Å². The molecule has 4 aromatic carbocycles. The van der Waals surface area contributed by atoms with Gasteiger partial charge in [-0.05, 0) is 60.2 Å². The minimum absolute atomic E-state index is 0.0363. The van der Waals surface area contributed by atoms with Crippen molar-refractivity contribution in [1.29, 1.82) is 0 Å². The van der Waals surface area contributed by atoms with Gasteiger partial charge in [-0.25, -0.2) is 22.2 Å². The first-order valence-corrected chi connectivity index (χ1v) is 15.9. The molecule has 234 valence electrons. The van der Waals surface area contributed by atoms with E-state index >= 15 is 0 Å². The number of oxazole rings is 1. The molecule has 1 aliphatic heterocycles. The molecule has 1 aliphatic rings. The van der Waals surface area contributed by atoms with E-state index in [1.165, 1.54) is 56.6 Å². The van der Waals surface area contributed by atoms with Crippen molar-refractivity contribution in [1.82, 2.24) is 10.3 Å². The molecule has 6 aromatic rings. The monoisotopic (exact) mass is 645 g/mol. The van der Waals surface area contributed by atoms with Gasteiger partial charge in [0.2, 0.25) is 15.9 Å². The van der Waals surface area contributed by atoms with Crippen LogP contribution in [-0.2, 0) is 10.0 Å². The first kappa shape index (κ1) is 29.3. The number of carbonyl (C=O) groups excluding carboxylic acids is 1. The highest BCUT2D eigenvalue weighted by molar-refractivity contribution is 7.92. The summed E-state index contributed by atoms with van der Waals surface area (Å²) in [6, 6.07) is 16.4. The van der Waals surface area contributed by atoms with Gasteiger partial charge in [0, 0.05) is 36.7 Å². The molecule has 0 radical (unpaired) electrons. The van der Waals surface area contributed by atoms with Crippen LogP contribution < -0.4 is 19.1 Å². The maximum absolute atomic E-state index is 14.6. The van der Waals surface area contributed by atoms with Crippen LogP contribution in [0.5, 0.6) is 11.5 Å². The van der Waals surface area contributed by atoms with Gasteiger partial charge in [-0.2, -0.15) is 0 Å². The number of nitrogens with zero attached hydrogens (tertiary/aromatic N) is 2. The van der Waals surface area contributed by atoms with Crippen molar-refractivity contribution >= 4 is 43.7 Å². The predicted molar refractivity (Wildman–Crippen MR) is 168 cm³/mol. The number of ether oxygens (including phenoxy) is 2. The lowest BCUT2D eigenvalue weighted by Crippen LogP contribution is -2.25.